The number of piperidine rings is 1. The Kier molecular flexibility index (Phi) is 3.79. The van der Waals surface area contributed by atoms with E-state index in [1.54, 1.807) is 0 Å². The molecule has 2 saturated heterocycles. The van der Waals surface area contributed by atoms with Gasteiger partial charge in [-0.1, -0.05) is 0 Å². The predicted molar refractivity (Wildman–Crippen MR) is 69.1 cm³/mol. The number of nitrogens with zero attached hydrogens (tertiary/aromatic N) is 1. The molecule has 0 aliphatic carbocycles. The number of pyridine rings is 1. The van der Waals surface area contributed by atoms with Crippen molar-refractivity contribution in [2.75, 3.05) is 19.7 Å². The summed E-state index contributed by atoms with van der Waals surface area (Å²) < 4.78 is 50.0. The van der Waals surface area contributed by atoms with Gasteiger partial charge < -0.3 is 14.8 Å². The Morgan fingerprint density at radius 1 is 1.33 bits per heavy atom. The lowest BCUT2D eigenvalue weighted by Crippen LogP contribution is -2.41. The normalized spacial score (nSPS) is 25.2. The molecular weight excluding hydrogens is 285 g/mol. The molecule has 2 aliphatic heterocycles. The molecular formula is C14H17F3N2O2. The fraction of sp³-hybridized carbons (Fsp3) is 0.643. The number of aromatic nitrogens is 1. The number of nitrogens with one attached hydrogen (secondary N) is 1. The molecule has 0 saturated carbocycles. The van der Waals surface area contributed by atoms with Crippen molar-refractivity contribution in [3.05, 3.63) is 23.9 Å². The number of rotatable bonds is 2. The average Bonchev–Trinajstić information content (AvgIpc) is 2.81. The van der Waals surface area contributed by atoms with Crippen LogP contribution in [0.25, 0.3) is 0 Å². The molecule has 3 heterocycles. The second-order valence-electron chi connectivity index (χ2n) is 5.54. The van der Waals surface area contributed by atoms with Crippen molar-refractivity contribution in [1.82, 2.24) is 10.3 Å². The SMILES string of the molecule is FC(F)(F)c1cccnc1OC1COC2(CCNCC2)C1. The second-order valence-corrected chi connectivity index (χ2v) is 5.54. The van der Waals surface area contributed by atoms with Crippen LogP contribution in [0, 0.1) is 0 Å². The van der Waals surface area contributed by atoms with Gasteiger partial charge in [-0.3, -0.25) is 0 Å². The van der Waals surface area contributed by atoms with Crippen molar-refractivity contribution in [2.45, 2.75) is 37.1 Å². The van der Waals surface area contributed by atoms with E-state index in [0.717, 1.165) is 32.0 Å². The summed E-state index contributed by atoms with van der Waals surface area (Å²) in [6, 6.07) is 2.24. The Balaban J connectivity index is 1.71. The van der Waals surface area contributed by atoms with Crippen LogP contribution in [-0.4, -0.2) is 36.4 Å². The first-order chi connectivity index (χ1) is 9.99. The minimum absolute atomic E-state index is 0.247. The third-order valence-corrected chi connectivity index (χ3v) is 4.04. The molecule has 0 radical (unpaired) electrons. The number of halogens is 3. The largest absolute Gasteiger partial charge is 0.471 e. The van der Waals surface area contributed by atoms with Crippen molar-refractivity contribution in [2.24, 2.45) is 0 Å². The monoisotopic (exact) mass is 302 g/mol. The van der Waals surface area contributed by atoms with E-state index in [1.807, 2.05) is 0 Å². The zero-order chi connectivity index (χ0) is 14.9. The zero-order valence-electron chi connectivity index (χ0n) is 11.4. The van der Waals surface area contributed by atoms with Gasteiger partial charge in [-0.25, -0.2) is 4.98 Å². The van der Waals surface area contributed by atoms with E-state index < -0.39 is 11.7 Å². The molecule has 1 atom stereocenters. The average molecular weight is 302 g/mol. The van der Waals surface area contributed by atoms with E-state index in [2.05, 4.69) is 10.3 Å². The van der Waals surface area contributed by atoms with Gasteiger partial charge in [0.2, 0.25) is 5.88 Å². The van der Waals surface area contributed by atoms with Gasteiger partial charge in [0.15, 0.2) is 0 Å². The summed E-state index contributed by atoms with van der Waals surface area (Å²) in [4.78, 5) is 3.73. The molecule has 0 bridgehead atoms. The number of alkyl halides is 3. The van der Waals surface area contributed by atoms with Crippen LogP contribution in [-0.2, 0) is 10.9 Å². The number of hydrogen-bond donors (Lipinski definition) is 1. The van der Waals surface area contributed by atoms with E-state index in [0.29, 0.717) is 13.0 Å². The van der Waals surface area contributed by atoms with E-state index >= 15 is 0 Å². The fourth-order valence-electron chi connectivity index (χ4n) is 2.97. The molecule has 1 N–H and O–H groups in total. The molecule has 3 rings (SSSR count). The molecule has 1 aromatic rings. The van der Waals surface area contributed by atoms with Gasteiger partial charge in [-0.15, -0.1) is 0 Å². The van der Waals surface area contributed by atoms with Crippen molar-refractivity contribution in [3.63, 3.8) is 0 Å². The Labute approximate surface area is 120 Å². The molecule has 2 fully saturated rings. The highest BCUT2D eigenvalue weighted by Crippen LogP contribution is 2.38. The van der Waals surface area contributed by atoms with E-state index in [4.69, 9.17) is 9.47 Å². The van der Waals surface area contributed by atoms with Gasteiger partial charge in [-0.2, -0.15) is 13.2 Å². The van der Waals surface area contributed by atoms with Crippen LogP contribution < -0.4 is 10.1 Å². The van der Waals surface area contributed by atoms with Crippen LogP contribution in [0.5, 0.6) is 5.88 Å². The molecule has 1 spiro atoms. The number of ether oxygens (including phenoxy) is 2. The molecule has 1 unspecified atom stereocenters. The summed E-state index contributed by atoms with van der Waals surface area (Å²) >= 11 is 0. The highest BCUT2D eigenvalue weighted by molar-refractivity contribution is 5.28. The van der Waals surface area contributed by atoms with Crippen LogP contribution in [0.4, 0.5) is 13.2 Å². The smallest absolute Gasteiger partial charge is 0.421 e. The first-order valence-electron chi connectivity index (χ1n) is 7.02. The third-order valence-electron chi connectivity index (χ3n) is 4.04. The van der Waals surface area contributed by atoms with Crippen molar-refractivity contribution in [1.29, 1.82) is 0 Å². The van der Waals surface area contributed by atoms with E-state index in [9.17, 15) is 13.2 Å². The van der Waals surface area contributed by atoms with E-state index in [1.165, 1.54) is 12.3 Å². The minimum Gasteiger partial charge on any atom is -0.471 e. The summed E-state index contributed by atoms with van der Waals surface area (Å²) in [5.74, 6) is -0.357. The van der Waals surface area contributed by atoms with Crippen LogP contribution >= 0.6 is 0 Å². The quantitative estimate of drug-likeness (QED) is 0.911. The Morgan fingerprint density at radius 3 is 2.81 bits per heavy atom. The molecule has 2 aliphatic rings. The molecule has 1 aromatic heterocycles. The van der Waals surface area contributed by atoms with Crippen molar-refractivity contribution < 1.29 is 22.6 Å². The molecule has 0 amide bonds. The Bertz CT molecular complexity index is 501. The molecule has 21 heavy (non-hydrogen) atoms. The van der Waals surface area contributed by atoms with E-state index in [-0.39, 0.29) is 17.6 Å². The van der Waals surface area contributed by atoms with Gasteiger partial charge in [0.1, 0.15) is 11.7 Å². The summed E-state index contributed by atoms with van der Waals surface area (Å²) in [6.45, 7) is 2.04. The summed E-state index contributed by atoms with van der Waals surface area (Å²) in [5.41, 5.74) is -1.08. The van der Waals surface area contributed by atoms with Gasteiger partial charge in [0, 0.05) is 12.6 Å². The standard InChI is InChI=1S/C14H17F3N2O2/c15-14(16,17)11-2-1-5-19-12(11)21-10-8-13(20-9-10)3-6-18-7-4-13/h1-2,5,10,18H,3-4,6-9H2. The fourth-order valence-corrected chi connectivity index (χ4v) is 2.97. The maximum absolute atomic E-state index is 12.9. The number of hydrogen-bond acceptors (Lipinski definition) is 4. The van der Waals surface area contributed by atoms with Gasteiger partial charge in [0.25, 0.3) is 0 Å². The van der Waals surface area contributed by atoms with Crippen molar-refractivity contribution in [3.8, 4) is 5.88 Å². The zero-order valence-corrected chi connectivity index (χ0v) is 11.4. The molecule has 0 aromatic carbocycles. The highest BCUT2D eigenvalue weighted by atomic mass is 19.4. The first-order valence-corrected chi connectivity index (χ1v) is 7.02. The molecule has 7 heteroatoms. The highest BCUT2D eigenvalue weighted by Gasteiger charge is 2.43. The van der Waals surface area contributed by atoms with Crippen molar-refractivity contribution >= 4 is 0 Å². The Hall–Kier alpha value is -1.34. The van der Waals surface area contributed by atoms with Crippen LogP contribution in [0.2, 0.25) is 0 Å². The van der Waals surface area contributed by atoms with Crippen LogP contribution in [0.3, 0.4) is 0 Å². The maximum Gasteiger partial charge on any atom is 0.421 e. The first kappa shape index (κ1) is 14.6. The molecule has 116 valence electrons. The minimum atomic E-state index is -4.46. The lowest BCUT2D eigenvalue weighted by atomic mass is 9.89. The van der Waals surface area contributed by atoms with Gasteiger partial charge in [-0.05, 0) is 38.1 Å². The lowest BCUT2D eigenvalue weighted by Gasteiger charge is -2.32. The molecule has 4 nitrogen and oxygen atoms in total. The summed E-state index contributed by atoms with van der Waals surface area (Å²) in [7, 11) is 0. The van der Waals surface area contributed by atoms with Crippen LogP contribution in [0.1, 0.15) is 24.8 Å². The summed E-state index contributed by atoms with van der Waals surface area (Å²) in [5, 5.41) is 3.25. The predicted octanol–water partition coefficient (Wildman–Crippen LogP) is 2.39. The maximum atomic E-state index is 12.9. The lowest BCUT2D eigenvalue weighted by molar-refractivity contribution is -0.139. The topological polar surface area (TPSA) is 43.4 Å². The van der Waals surface area contributed by atoms with Crippen LogP contribution in [0.15, 0.2) is 18.3 Å². The van der Waals surface area contributed by atoms with Gasteiger partial charge in [0.05, 0.1) is 12.2 Å². The second kappa shape index (κ2) is 5.46. The third kappa shape index (κ3) is 3.13. The van der Waals surface area contributed by atoms with Gasteiger partial charge >= 0.3 is 6.18 Å². The Morgan fingerprint density at radius 2 is 2.10 bits per heavy atom. The summed E-state index contributed by atoms with van der Waals surface area (Å²) in [6.07, 6.45) is -1.19.